The number of nitrogens with zero attached hydrogens (tertiary/aromatic N) is 2. The number of benzene rings is 2. The van der Waals surface area contributed by atoms with E-state index in [1.54, 1.807) is 48.5 Å². The van der Waals surface area contributed by atoms with Crippen LogP contribution in [-0.2, 0) is 17.9 Å². The molecule has 2 amide bonds. The van der Waals surface area contributed by atoms with Crippen LogP contribution in [0.4, 0.5) is 4.39 Å². The Morgan fingerprint density at radius 2 is 1.69 bits per heavy atom. The van der Waals surface area contributed by atoms with Crippen molar-refractivity contribution in [2.45, 2.75) is 32.9 Å². The van der Waals surface area contributed by atoms with Crippen LogP contribution in [0.25, 0.3) is 11.0 Å². The lowest BCUT2D eigenvalue weighted by atomic mass is 10.1. The number of furan rings is 1. The number of unbranched alkanes of at least 4 members (excludes halogenated alkanes) is 1. The Kier molecular flexibility index (Phi) is 7.95. The number of carbonyl (C=O) groups is 2. The number of rotatable bonds is 10. The summed E-state index contributed by atoms with van der Waals surface area (Å²) in [5.74, 6) is -0.975. The van der Waals surface area contributed by atoms with E-state index < -0.39 is 0 Å². The minimum absolute atomic E-state index is 0.0278. The molecule has 4 rings (SSSR count). The summed E-state index contributed by atoms with van der Waals surface area (Å²) >= 11 is 0. The predicted octanol–water partition coefficient (Wildman–Crippen LogP) is 5.00. The highest BCUT2D eigenvalue weighted by atomic mass is 19.1. The lowest BCUT2D eigenvalue weighted by Crippen LogP contribution is -2.43. The molecule has 0 N–H and O–H groups in total. The summed E-state index contributed by atoms with van der Waals surface area (Å²) < 4.78 is 24.3. The van der Waals surface area contributed by atoms with Gasteiger partial charge in [0.2, 0.25) is 5.91 Å². The first-order valence-electron chi connectivity index (χ1n) is 11.8. The van der Waals surface area contributed by atoms with Crippen molar-refractivity contribution in [2.75, 3.05) is 13.1 Å². The van der Waals surface area contributed by atoms with Crippen LogP contribution in [0, 0.1) is 5.82 Å². The summed E-state index contributed by atoms with van der Waals surface area (Å²) in [5, 5.41) is 0.418. The van der Waals surface area contributed by atoms with E-state index >= 15 is 0 Å². The van der Waals surface area contributed by atoms with E-state index in [4.69, 9.17) is 8.83 Å². The van der Waals surface area contributed by atoms with Gasteiger partial charge < -0.3 is 18.6 Å². The highest BCUT2D eigenvalue weighted by molar-refractivity contribution is 5.94. The molecule has 7 nitrogen and oxygen atoms in total. The van der Waals surface area contributed by atoms with Crippen molar-refractivity contribution >= 4 is 22.8 Å². The first-order valence-corrected chi connectivity index (χ1v) is 11.8. The third-order valence-electron chi connectivity index (χ3n) is 5.88. The maximum absolute atomic E-state index is 13.5. The molecule has 2 heterocycles. The molecule has 2 aromatic carbocycles. The highest BCUT2D eigenvalue weighted by Gasteiger charge is 2.25. The lowest BCUT2D eigenvalue weighted by Gasteiger charge is -2.27. The van der Waals surface area contributed by atoms with Gasteiger partial charge in [-0.15, -0.1) is 0 Å². The minimum atomic E-state index is -0.387. The largest absolute Gasteiger partial charge is 0.464 e. The predicted molar refractivity (Wildman–Crippen MR) is 133 cm³/mol. The van der Waals surface area contributed by atoms with Gasteiger partial charge in [-0.2, -0.15) is 0 Å². The smallest absolute Gasteiger partial charge is 0.290 e. The fourth-order valence-electron chi connectivity index (χ4n) is 3.90. The van der Waals surface area contributed by atoms with E-state index in [9.17, 15) is 18.8 Å². The quantitative estimate of drug-likeness (QED) is 0.313. The van der Waals surface area contributed by atoms with Crippen LogP contribution in [0.2, 0.25) is 0 Å². The maximum Gasteiger partial charge on any atom is 0.290 e. The van der Waals surface area contributed by atoms with Gasteiger partial charge in [0, 0.05) is 13.1 Å². The summed E-state index contributed by atoms with van der Waals surface area (Å²) in [7, 11) is 0. The molecular formula is C28H27FN2O5. The zero-order chi connectivity index (χ0) is 25.5. The molecule has 0 spiro atoms. The second kappa shape index (κ2) is 11.5. The molecule has 0 aliphatic rings. The Hall–Kier alpha value is -4.20. The second-order valence-electron chi connectivity index (χ2n) is 8.52. The lowest BCUT2D eigenvalue weighted by molar-refractivity contribution is -0.133. The van der Waals surface area contributed by atoms with Gasteiger partial charge in [0.05, 0.1) is 30.0 Å². The summed E-state index contributed by atoms with van der Waals surface area (Å²) in [6, 6.07) is 15.9. The number of fused-ring (bicyclic) bond motifs is 1. The van der Waals surface area contributed by atoms with Crippen molar-refractivity contribution in [3.63, 3.8) is 0 Å². The van der Waals surface area contributed by atoms with Crippen LogP contribution in [-0.4, -0.2) is 34.7 Å². The molecule has 0 aliphatic heterocycles. The topological polar surface area (TPSA) is 84.0 Å². The van der Waals surface area contributed by atoms with Gasteiger partial charge in [0.1, 0.15) is 17.9 Å². The number of hydrogen-bond donors (Lipinski definition) is 0. The SMILES string of the molecule is CCCCN(CC(=O)N(Cc1ccc(F)cc1)Cc1coc2ccccc2c1=O)C(=O)c1ccco1. The van der Waals surface area contributed by atoms with E-state index in [-0.39, 0.29) is 48.5 Å². The molecule has 0 atom stereocenters. The molecule has 2 aromatic heterocycles. The molecule has 0 unspecified atom stereocenters. The molecule has 0 saturated carbocycles. The third-order valence-corrected chi connectivity index (χ3v) is 5.88. The standard InChI is InChI=1S/C28H27FN2O5/c1-2-3-14-30(28(34)25-9-6-15-35-25)18-26(32)31(16-20-10-12-22(29)13-11-20)17-21-19-36-24-8-5-4-7-23(24)27(21)33/h4-13,15,19H,2-3,14,16-18H2,1H3. The van der Waals surface area contributed by atoms with Gasteiger partial charge in [-0.1, -0.05) is 37.6 Å². The summed E-state index contributed by atoms with van der Waals surface area (Å²) in [5.41, 5.74) is 1.22. The Labute approximate surface area is 207 Å². The van der Waals surface area contributed by atoms with Crippen molar-refractivity contribution in [3.8, 4) is 0 Å². The Morgan fingerprint density at radius 1 is 0.917 bits per heavy atom. The fourth-order valence-corrected chi connectivity index (χ4v) is 3.90. The van der Waals surface area contributed by atoms with Crippen molar-refractivity contribution in [3.05, 3.63) is 106 Å². The van der Waals surface area contributed by atoms with Crippen LogP contribution in [0.15, 0.2) is 86.8 Å². The van der Waals surface area contributed by atoms with Crippen molar-refractivity contribution in [2.24, 2.45) is 0 Å². The van der Waals surface area contributed by atoms with Gasteiger partial charge in [0.25, 0.3) is 5.91 Å². The average molecular weight is 491 g/mol. The fraction of sp³-hybridized carbons (Fsp3) is 0.250. The number of hydrogen-bond acceptors (Lipinski definition) is 5. The molecule has 36 heavy (non-hydrogen) atoms. The molecule has 4 aromatic rings. The van der Waals surface area contributed by atoms with Crippen molar-refractivity contribution < 1.29 is 22.8 Å². The first-order chi connectivity index (χ1) is 17.5. The van der Waals surface area contributed by atoms with Crippen LogP contribution < -0.4 is 5.43 Å². The van der Waals surface area contributed by atoms with Crippen molar-refractivity contribution in [1.29, 1.82) is 0 Å². The van der Waals surface area contributed by atoms with Crippen LogP contribution in [0.5, 0.6) is 0 Å². The Morgan fingerprint density at radius 3 is 2.42 bits per heavy atom. The van der Waals surface area contributed by atoms with Gasteiger partial charge in [-0.3, -0.25) is 14.4 Å². The molecule has 8 heteroatoms. The molecule has 0 fully saturated rings. The number of amides is 2. The van der Waals surface area contributed by atoms with E-state index in [1.165, 1.54) is 34.5 Å². The number of halogens is 1. The van der Waals surface area contributed by atoms with Gasteiger partial charge >= 0.3 is 0 Å². The molecule has 0 saturated heterocycles. The second-order valence-corrected chi connectivity index (χ2v) is 8.52. The molecule has 186 valence electrons. The Balaban J connectivity index is 1.62. The van der Waals surface area contributed by atoms with Gasteiger partial charge in [-0.25, -0.2) is 4.39 Å². The highest BCUT2D eigenvalue weighted by Crippen LogP contribution is 2.15. The summed E-state index contributed by atoms with van der Waals surface area (Å²) in [6.45, 7) is 2.28. The normalized spacial score (nSPS) is 10.9. The van der Waals surface area contributed by atoms with E-state index in [0.717, 1.165) is 6.42 Å². The monoisotopic (exact) mass is 490 g/mol. The summed E-state index contributed by atoms with van der Waals surface area (Å²) in [4.78, 5) is 42.5. The molecule has 0 aliphatic carbocycles. The zero-order valence-electron chi connectivity index (χ0n) is 20.0. The zero-order valence-corrected chi connectivity index (χ0v) is 20.0. The minimum Gasteiger partial charge on any atom is -0.464 e. The van der Waals surface area contributed by atoms with Gasteiger partial charge in [0.15, 0.2) is 11.2 Å². The number of carbonyl (C=O) groups excluding carboxylic acids is 2. The first kappa shape index (κ1) is 24.9. The summed E-state index contributed by atoms with van der Waals surface area (Å²) in [6.07, 6.45) is 4.32. The van der Waals surface area contributed by atoms with Crippen LogP contribution in [0.3, 0.4) is 0 Å². The Bertz CT molecular complexity index is 1380. The van der Waals surface area contributed by atoms with Gasteiger partial charge in [-0.05, 0) is 48.4 Å². The van der Waals surface area contributed by atoms with Crippen molar-refractivity contribution in [1.82, 2.24) is 9.80 Å². The average Bonchev–Trinajstić information content (AvgIpc) is 3.43. The van der Waals surface area contributed by atoms with E-state index in [0.29, 0.717) is 35.1 Å². The van der Waals surface area contributed by atoms with Crippen LogP contribution in [0.1, 0.15) is 41.4 Å². The molecule has 0 bridgehead atoms. The van der Waals surface area contributed by atoms with E-state index in [1.807, 2.05) is 6.92 Å². The van der Waals surface area contributed by atoms with Crippen LogP contribution >= 0.6 is 0 Å². The molecular weight excluding hydrogens is 463 g/mol. The number of para-hydroxylation sites is 1. The third kappa shape index (κ3) is 5.89. The maximum atomic E-state index is 13.5. The van der Waals surface area contributed by atoms with E-state index in [2.05, 4.69) is 0 Å². The molecule has 0 radical (unpaired) electrons.